The summed E-state index contributed by atoms with van der Waals surface area (Å²) in [6.07, 6.45) is 0. The van der Waals surface area contributed by atoms with Crippen LogP contribution in [0.5, 0.6) is 0 Å². The van der Waals surface area contributed by atoms with Crippen LogP contribution in [0.1, 0.15) is 0 Å². The Balaban J connectivity index is 0. The van der Waals surface area contributed by atoms with Crippen molar-refractivity contribution in [1.82, 2.24) is 0 Å². The largest absolute Gasteiger partial charge is 0.696 e. The second kappa shape index (κ2) is 9.33. The quantitative estimate of drug-likeness (QED) is 0.533. The molecule has 0 heterocycles. The van der Waals surface area contributed by atoms with E-state index in [1.165, 1.54) is 14.2 Å². The van der Waals surface area contributed by atoms with Crippen molar-refractivity contribution in [3.05, 3.63) is 0 Å². The van der Waals surface area contributed by atoms with Gasteiger partial charge in [0.25, 0.3) is 0 Å². The summed E-state index contributed by atoms with van der Waals surface area (Å²) in [7, 11) is -1.30. The van der Waals surface area contributed by atoms with E-state index in [2.05, 4.69) is 14.6 Å². The minimum Gasteiger partial charge on any atom is -0.338 e. The standard InChI is InChI=1S/C2H6O3P.H4NO2P/c1-4-6(3)5-2;1-4(2)3/h1-2H3;2-3H,1H2/q+1;. The second-order valence-electron chi connectivity index (χ2n) is 0.909. The van der Waals surface area contributed by atoms with E-state index in [4.69, 9.17) is 9.79 Å². The number of nitrogens with two attached hydrogens (primary N) is 1. The average Bonchev–Trinajstić information content (AvgIpc) is 1.85. The van der Waals surface area contributed by atoms with Gasteiger partial charge in [0, 0.05) is 4.57 Å². The minimum atomic E-state index is -2.12. The zero-order valence-corrected chi connectivity index (χ0v) is 7.38. The third-order valence-electron chi connectivity index (χ3n) is 0.298. The SMILES string of the molecule is CO[P+](=O)OC.NP(O)O. The summed E-state index contributed by atoms with van der Waals surface area (Å²) in [4.78, 5) is 14.9. The lowest BCUT2D eigenvalue weighted by molar-refractivity contribution is 0.302. The molecule has 4 N–H and O–H groups in total. The van der Waals surface area contributed by atoms with Crippen molar-refractivity contribution in [3.8, 4) is 0 Å². The van der Waals surface area contributed by atoms with E-state index in [0.29, 0.717) is 0 Å². The lowest BCUT2D eigenvalue weighted by atomic mass is 11.8. The van der Waals surface area contributed by atoms with Crippen LogP contribution >= 0.6 is 16.8 Å². The van der Waals surface area contributed by atoms with Crippen LogP contribution in [0.15, 0.2) is 0 Å². The maximum atomic E-state index is 9.88. The summed E-state index contributed by atoms with van der Waals surface area (Å²) in [6, 6.07) is 0. The smallest absolute Gasteiger partial charge is 0.338 e. The Morgan fingerprint density at radius 2 is 1.60 bits per heavy atom. The molecule has 8 heteroatoms. The van der Waals surface area contributed by atoms with Crippen LogP contribution in [0.2, 0.25) is 0 Å². The molecular formula is C2H10NO5P2+. The molecule has 0 amide bonds. The van der Waals surface area contributed by atoms with Gasteiger partial charge in [0.2, 0.25) is 8.53 Å². The number of hydrogen-bond donors (Lipinski definition) is 3. The molecule has 6 nitrogen and oxygen atoms in total. The molecule has 0 aliphatic heterocycles. The number of hydrogen-bond acceptors (Lipinski definition) is 6. The molecule has 0 aromatic carbocycles. The summed E-state index contributed by atoms with van der Waals surface area (Å²) in [5.41, 5.74) is 4.29. The fourth-order valence-electron chi connectivity index (χ4n) is 0.0745. The summed E-state index contributed by atoms with van der Waals surface area (Å²) in [5.74, 6) is 0. The third kappa shape index (κ3) is 23.9. The van der Waals surface area contributed by atoms with E-state index in [-0.39, 0.29) is 0 Å². The first-order valence-corrected chi connectivity index (χ1v) is 4.43. The van der Waals surface area contributed by atoms with E-state index in [1.54, 1.807) is 0 Å². The van der Waals surface area contributed by atoms with E-state index < -0.39 is 16.8 Å². The van der Waals surface area contributed by atoms with Crippen LogP contribution in [0.25, 0.3) is 0 Å². The van der Waals surface area contributed by atoms with Crippen LogP contribution in [0.4, 0.5) is 0 Å². The highest BCUT2D eigenvalue weighted by atomic mass is 31.2. The monoisotopic (exact) mass is 190 g/mol. The first-order chi connectivity index (χ1) is 4.54. The van der Waals surface area contributed by atoms with Crippen molar-refractivity contribution >= 4 is 16.8 Å². The van der Waals surface area contributed by atoms with Crippen molar-refractivity contribution in [3.63, 3.8) is 0 Å². The zero-order chi connectivity index (χ0) is 8.57. The summed E-state index contributed by atoms with van der Waals surface area (Å²) < 4.78 is 18.3. The first kappa shape index (κ1) is 13.0. The highest BCUT2D eigenvalue weighted by Crippen LogP contribution is 2.18. The van der Waals surface area contributed by atoms with Crippen molar-refractivity contribution < 1.29 is 23.4 Å². The van der Waals surface area contributed by atoms with Crippen LogP contribution in [0, 0.1) is 0 Å². The molecule has 0 saturated heterocycles. The molecule has 10 heavy (non-hydrogen) atoms. The molecule has 0 radical (unpaired) electrons. The summed E-state index contributed by atoms with van der Waals surface area (Å²) in [5, 5.41) is 0. The van der Waals surface area contributed by atoms with Gasteiger partial charge >= 0.3 is 8.25 Å². The van der Waals surface area contributed by atoms with Gasteiger partial charge in [-0.2, -0.15) is 0 Å². The molecule has 0 spiro atoms. The molecule has 0 aromatic heterocycles. The Bertz CT molecular complexity index is 79.0. The summed E-state index contributed by atoms with van der Waals surface area (Å²) >= 11 is 0. The molecular weight excluding hydrogens is 180 g/mol. The van der Waals surface area contributed by atoms with Crippen molar-refractivity contribution in [1.29, 1.82) is 0 Å². The molecule has 0 rings (SSSR count). The van der Waals surface area contributed by atoms with Gasteiger partial charge in [-0.25, -0.2) is 0 Å². The van der Waals surface area contributed by atoms with E-state index in [9.17, 15) is 4.57 Å². The van der Waals surface area contributed by atoms with Gasteiger partial charge in [0.05, 0.1) is 14.2 Å². The van der Waals surface area contributed by atoms with Gasteiger partial charge in [-0.05, 0) is 0 Å². The van der Waals surface area contributed by atoms with Crippen LogP contribution in [0.3, 0.4) is 0 Å². The predicted molar refractivity (Wildman–Crippen MR) is 37.2 cm³/mol. The Morgan fingerprint density at radius 1 is 1.40 bits per heavy atom. The normalized spacial score (nSPS) is 8.60. The van der Waals surface area contributed by atoms with E-state index in [0.717, 1.165) is 0 Å². The van der Waals surface area contributed by atoms with Gasteiger partial charge in [0.1, 0.15) is 0 Å². The highest BCUT2D eigenvalue weighted by molar-refractivity contribution is 7.42. The molecule has 0 aliphatic carbocycles. The van der Waals surface area contributed by atoms with Gasteiger partial charge in [-0.15, -0.1) is 9.05 Å². The van der Waals surface area contributed by atoms with E-state index in [1.807, 2.05) is 0 Å². The fraction of sp³-hybridized carbons (Fsp3) is 1.00. The second-order valence-corrected chi connectivity index (χ2v) is 2.73. The summed E-state index contributed by atoms with van der Waals surface area (Å²) in [6.45, 7) is 0. The van der Waals surface area contributed by atoms with Crippen molar-refractivity contribution in [2.75, 3.05) is 14.2 Å². The third-order valence-corrected chi connectivity index (χ3v) is 0.894. The highest BCUT2D eigenvalue weighted by Gasteiger charge is 2.10. The molecule has 0 saturated carbocycles. The molecule has 0 fully saturated rings. The van der Waals surface area contributed by atoms with Gasteiger partial charge in [-0.1, -0.05) is 0 Å². The predicted octanol–water partition coefficient (Wildman–Crippen LogP) is 0.0932. The molecule has 0 atom stereocenters. The maximum absolute atomic E-state index is 9.88. The minimum absolute atomic E-state index is 1.32. The number of rotatable bonds is 2. The average molecular weight is 190 g/mol. The van der Waals surface area contributed by atoms with Crippen molar-refractivity contribution in [2.45, 2.75) is 0 Å². The van der Waals surface area contributed by atoms with Crippen LogP contribution in [-0.2, 0) is 13.6 Å². The zero-order valence-electron chi connectivity index (χ0n) is 5.59. The lowest BCUT2D eigenvalue weighted by Crippen LogP contribution is -1.78. The van der Waals surface area contributed by atoms with Crippen LogP contribution < -0.4 is 5.50 Å². The Kier molecular flexibility index (Phi) is 12.1. The topological polar surface area (TPSA) is 102 Å². The van der Waals surface area contributed by atoms with Gasteiger partial charge < -0.3 is 9.79 Å². The Morgan fingerprint density at radius 3 is 1.60 bits per heavy atom. The fourth-order valence-corrected chi connectivity index (χ4v) is 0.224. The molecule has 0 unspecified atom stereocenters. The Hall–Kier alpha value is 0.330. The maximum Gasteiger partial charge on any atom is 0.696 e. The first-order valence-electron chi connectivity index (χ1n) is 2.02. The molecule has 0 bridgehead atoms. The van der Waals surface area contributed by atoms with Crippen LogP contribution in [-0.4, -0.2) is 24.0 Å². The lowest BCUT2D eigenvalue weighted by Gasteiger charge is -1.79. The molecule has 0 aromatic rings. The van der Waals surface area contributed by atoms with Gasteiger partial charge in [-0.3, -0.25) is 5.50 Å². The molecule has 62 valence electrons. The Labute approximate surface area is 60.9 Å². The van der Waals surface area contributed by atoms with Crippen molar-refractivity contribution in [2.24, 2.45) is 5.50 Å². The van der Waals surface area contributed by atoms with Gasteiger partial charge in [0.15, 0.2) is 0 Å². The van der Waals surface area contributed by atoms with E-state index >= 15 is 0 Å². The molecule has 0 aliphatic rings.